The minimum Gasteiger partial charge on any atom is -0.476 e. The van der Waals surface area contributed by atoms with Gasteiger partial charge in [-0.15, -0.1) is 0 Å². The van der Waals surface area contributed by atoms with Gasteiger partial charge >= 0.3 is 5.97 Å². The zero-order valence-electron chi connectivity index (χ0n) is 10.2. The highest BCUT2D eigenvalue weighted by Crippen LogP contribution is 2.28. The monoisotopic (exact) mass is 242 g/mol. The molecule has 0 atom stereocenters. The average molecular weight is 242 g/mol. The van der Waals surface area contributed by atoms with E-state index in [0.717, 1.165) is 41.8 Å². The van der Waals surface area contributed by atoms with Gasteiger partial charge < -0.3 is 5.11 Å². The summed E-state index contributed by atoms with van der Waals surface area (Å²) in [6.07, 6.45) is 2.74. The summed E-state index contributed by atoms with van der Waals surface area (Å²) in [5.41, 5.74) is 4.26. The molecule has 0 saturated carbocycles. The van der Waals surface area contributed by atoms with Crippen LogP contribution in [0.15, 0.2) is 24.3 Å². The molecule has 1 aliphatic carbocycles. The SMILES string of the molecule is Cc1ccccc1-n1nc(C(=O)O)c2c1CCC2. The fourth-order valence-electron chi connectivity index (χ4n) is 2.61. The third-order valence-corrected chi connectivity index (χ3v) is 3.48. The van der Waals surface area contributed by atoms with Crippen LogP contribution in [0.4, 0.5) is 0 Å². The molecule has 0 fully saturated rings. The number of aryl methyl sites for hydroxylation is 1. The Balaban J connectivity index is 2.23. The lowest BCUT2D eigenvalue weighted by molar-refractivity contribution is 0.0689. The minimum atomic E-state index is -0.930. The van der Waals surface area contributed by atoms with E-state index in [1.807, 2.05) is 31.2 Å². The van der Waals surface area contributed by atoms with Gasteiger partial charge in [0.2, 0.25) is 0 Å². The zero-order chi connectivity index (χ0) is 12.7. The summed E-state index contributed by atoms with van der Waals surface area (Å²) in [5.74, 6) is -0.930. The van der Waals surface area contributed by atoms with Gasteiger partial charge in [-0.2, -0.15) is 5.10 Å². The molecule has 0 spiro atoms. The molecular weight excluding hydrogens is 228 g/mol. The standard InChI is InChI=1S/C14H14N2O2/c1-9-5-2-3-7-11(9)16-12-8-4-6-10(12)13(15-16)14(17)18/h2-3,5,7H,4,6,8H2,1H3,(H,17,18). The quantitative estimate of drug-likeness (QED) is 0.879. The molecule has 0 aliphatic heterocycles. The van der Waals surface area contributed by atoms with E-state index >= 15 is 0 Å². The first-order valence-corrected chi connectivity index (χ1v) is 6.08. The van der Waals surface area contributed by atoms with Crippen molar-refractivity contribution in [2.75, 3.05) is 0 Å². The second-order valence-corrected chi connectivity index (χ2v) is 4.63. The number of rotatable bonds is 2. The van der Waals surface area contributed by atoms with Crippen molar-refractivity contribution in [3.8, 4) is 5.69 Å². The Morgan fingerprint density at radius 2 is 2.11 bits per heavy atom. The van der Waals surface area contributed by atoms with Crippen LogP contribution in [0.2, 0.25) is 0 Å². The van der Waals surface area contributed by atoms with Crippen molar-refractivity contribution in [3.05, 3.63) is 46.8 Å². The first-order chi connectivity index (χ1) is 8.68. The molecule has 2 aromatic rings. The third kappa shape index (κ3) is 1.53. The number of carboxylic acids is 1. The van der Waals surface area contributed by atoms with E-state index in [2.05, 4.69) is 5.10 Å². The Hall–Kier alpha value is -2.10. The first-order valence-electron chi connectivity index (χ1n) is 6.08. The van der Waals surface area contributed by atoms with Crippen LogP contribution in [0.3, 0.4) is 0 Å². The van der Waals surface area contributed by atoms with E-state index in [0.29, 0.717) is 0 Å². The van der Waals surface area contributed by atoms with Gasteiger partial charge in [0.1, 0.15) is 0 Å². The van der Waals surface area contributed by atoms with Gasteiger partial charge in [0.25, 0.3) is 0 Å². The molecular formula is C14H14N2O2. The molecule has 0 radical (unpaired) electrons. The Morgan fingerprint density at radius 1 is 1.33 bits per heavy atom. The maximum atomic E-state index is 11.2. The van der Waals surface area contributed by atoms with E-state index in [1.165, 1.54) is 0 Å². The van der Waals surface area contributed by atoms with E-state index in [-0.39, 0.29) is 5.69 Å². The minimum absolute atomic E-state index is 0.214. The number of hydrogen-bond donors (Lipinski definition) is 1. The lowest BCUT2D eigenvalue weighted by atomic mass is 10.2. The van der Waals surface area contributed by atoms with Crippen LogP contribution in [-0.4, -0.2) is 20.9 Å². The Kier molecular flexibility index (Phi) is 2.44. The molecule has 1 aromatic heterocycles. The molecule has 92 valence electrons. The van der Waals surface area contributed by atoms with Gasteiger partial charge in [-0.1, -0.05) is 18.2 Å². The van der Waals surface area contributed by atoms with Crippen molar-refractivity contribution >= 4 is 5.97 Å². The Morgan fingerprint density at radius 3 is 2.83 bits per heavy atom. The lowest BCUT2D eigenvalue weighted by Crippen LogP contribution is -2.05. The highest BCUT2D eigenvalue weighted by molar-refractivity contribution is 5.87. The summed E-state index contributed by atoms with van der Waals surface area (Å²) in [6.45, 7) is 2.01. The number of carbonyl (C=O) groups is 1. The van der Waals surface area contributed by atoms with Crippen LogP contribution in [0, 0.1) is 6.92 Å². The van der Waals surface area contributed by atoms with Crippen molar-refractivity contribution in [1.82, 2.24) is 9.78 Å². The van der Waals surface area contributed by atoms with Crippen molar-refractivity contribution in [2.24, 2.45) is 0 Å². The number of benzene rings is 1. The molecule has 0 amide bonds. The van der Waals surface area contributed by atoms with E-state index in [9.17, 15) is 9.90 Å². The number of aromatic nitrogens is 2. The second kappa shape index (κ2) is 3.98. The molecule has 0 bridgehead atoms. The number of nitrogens with zero attached hydrogens (tertiary/aromatic N) is 2. The summed E-state index contributed by atoms with van der Waals surface area (Å²) in [4.78, 5) is 11.2. The summed E-state index contributed by atoms with van der Waals surface area (Å²) in [7, 11) is 0. The Labute approximate surface area is 105 Å². The largest absolute Gasteiger partial charge is 0.476 e. The number of aromatic carboxylic acids is 1. The van der Waals surface area contributed by atoms with Gasteiger partial charge in [-0.05, 0) is 37.8 Å². The fraction of sp³-hybridized carbons (Fsp3) is 0.286. The van der Waals surface area contributed by atoms with Gasteiger partial charge in [0.15, 0.2) is 5.69 Å². The van der Waals surface area contributed by atoms with Crippen molar-refractivity contribution < 1.29 is 9.90 Å². The smallest absolute Gasteiger partial charge is 0.356 e. The predicted octanol–water partition coefficient (Wildman–Crippen LogP) is 2.37. The highest BCUT2D eigenvalue weighted by atomic mass is 16.4. The molecule has 3 rings (SSSR count). The highest BCUT2D eigenvalue weighted by Gasteiger charge is 2.26. The van der Waals surface area contributed by atoms with Crippen LogP contribution >= 0.6 is 0 Å². The van der Waals surface area contributed by atoms with Gasteiger partial charge in [0, 0.05) is 11.3 Å². The normalized spacial score (nSPS) is 13.6. The van der Waals surface area contributed by atoms with Crippen LogP contribution in [0.25, 0.3) is 5.69 Å². The number of para-hydroxylation sites is 1. The van der Waals surface area contributed by atoms with E-state index < -0.39 is 5.97 Å². The molecule has 1 aromatic carbocycles. The maximum absolute atomic E-state index is 11.2. The van der Waals surface area contributed by atoms with Gasteiger partial charge in [-0.3, -0.25) is 0 Å². The fourth-order valence-corrected chi connectivity index (χ4v) is 2.61. The molecule has 4 nitrogen and oxygen atoms in total. The van der Waals surface area contributed by atoms with Crippen molar-refractivity contribution in [1.29, 1.82) is 0 Å². The van der Waals surface area contributed by atoms with Crippen LogP contribution in [-0.2, 0) is 12.8 Å². The molecule has 4 heteroatoms. The first kappa shape index (κ1) is 11.0. The van der Waals surface area contributed by atoms with Crippen molar-refractivity contribution in [2.45, 2.75) is 26.2 Å². The summed E-state index contributed by atoms with van der Waals surface area (Å²) in [6, 6.07) is 7.91. The van der Waals surface area contributed by atoms with Crippen LogP contribution in [0.5, 0.6) is 0 Å². The topological polar surface area (TPSA) is 55.1 Å². The average Bonchev–Trinajstić information content (AvgIpc) is 2.90. The van der Waals surface area contributed by atoms with E-state index in [4.69, 9.17) is 0 Å². The lowest BCUT2D eigenvalue weighted by Gasteiger charge is -2.08. The Bertz CT molecular complexity index is 629. The summed E-state index contributed by atoms with van der Waals surface area (Å²) in [5, 5.41) is 13.5. The molecule has 0 unspecified atom stereocenters. The van der Waals surface area contributed by atoms with Crippen LogP contribution in [0.1, 0.15) is 33.7 Å². The number of hydrogen-bond acceptors (Lipinski definition) is 2. The van der Waals surface area contributed by atoms with Gasteiger partial charge in [-0.25, -0.2) is 9.48 Å². The number of fused-ring (bicyclic) bond motifs is 1. The summed E-state index contributed by atoms with van der Waals surface area (Å²) < 4.78 is 1.81. The molecule has 1 aliphatic rings. The predicted molar refractivity (Wildman–Crippen MR) is 67.3 cm³/mol. The second-order valence-electron chi connectivity index (χ2n) is 4.63. The molecule has 1 heterocycles. The van der Waals surface area contributed by atoms with Crippen LogP contribution < -0.4 is 0 Å². The molecule has 18 heavy (non-hydrogen) atoms. The number of carboxylic acid groups (broad SMARTS) is 1. The van der Waals surface area contributed by atoms with E-state index in [1.54, 1.807) is 4.68 Å². The molecule has 0 saturated heterocycles. The third-order valence-electron chi connectivity index (χ3n) is 3.48. The summed E-state index contributed by atoms with van der Waals surface area (Å²) >= 11 is 0. The molecule has 1 N–H and O–H groups in total. The zero-order valence-corrected chi connectivity index (χ0v) is 10.2. The maximum Gasteiger partial charge on any atom is 0.356 e. The van der Waals surface area contributed by atoms with Crippen molar-refractivity contribution in [3.63, 3.8) is 0 Å². The van der Waals surface area contributed by atoms with Gasteiger partial charge in [0.05, 0.1) is 5.69 Å².